The van der Waals surface area contributed by atoms with E-state index in [4.69, 9.17) is 9.47 Å². The fraction of sp³-hybridized carbons (Fsp3) is 0.500. The maximum absolute atomic E-state index is 10.3. The fourth-order valence-corrected chi connectivity index (χ4v) is 5.44. The Bertz CT molecular complexity index is 1130. The number of rotatable bonds is 6. The van der Waals surface area contributed by atoms with E-state index in [-0.39, 0.29) is 0 Å². The maximum Gasteiger partial charge on any atom is 0.213 e. The van der Waals surface area contributed by atoms with Gasteiger partial charge in [-0.15, -0.1) is 0 Å². The SMILES string of the molecule is COc1cc(-c2ccc3c(c2)CCCN3C(=N)C2=C(NC3CCOCC3)CCN(C(C)O)C2)ccn1. The van der Waals surface area contributed by atoms with Crippen LogP contribution >= 0.6 is 0 Å². The molecule has 3 aliphatic heterocycles. The highest BCUT2D eigenvalue weighted by Crippen LogP contribution is 2.34. The Hall–Kier alpha value is -2.94. The molecule has 1 saturated heterocycles. The summed E-state index contributed by atoms with van der Waals surface area (Å²) < 4.78 is 10.8. The number of ether oxygens (including phenoxy) is 2. The van der Waals surface area contributed by atoms with Crippen LogP contribution in [0.4, 0.5) is 5.69 Å². The Morgan fingerprint density at radius 3 is 2.75 bits per heavy atom. The van der Waals surface area contributed by atoms with Gasteiger partial charge in [-0.25, -0.2) is 4.98 Å². The first-order valence-electron chi connectivity index (χ1n) is 13.0. The standard InChI is InChI=1S/C28H37N5O3/c1-19(34)32-13-8-25(31-23-9-14-36-15-10-23)24(18-32)28(29)33-12-3-4-22-16-20(5-6-26(22)33)21-7-11-30-27(17-21)35-2/h5-7,11,16-17,19,23,29,31,34H,3-4,8-10,12-15,18H2,1-2H3. The van der Waals surface area contributed by atoms with Crippen molar-refractivity contribution in [3.63, 3.8) is 0 Å². The van der Waals surface area contributed by atoms with Crippen LogP contribution in [0.15, 0.2) is 47.8 Å². The van der Waals surface area contributed by atoms with Gasteiger partial charge in [-0.05, 0) is 67.5 Å². The van der Waals surface area contributed by atoms with E-state index in [1.807, 2.05) is 24.0 Å². The second-order valence-electron chi connectivity index (χ2n) is 9.87. The number of methoxy groups -OCH3 is 1. The van der Waals surface area contributed by atoms with Crippen LogP contribution in [-0.4, -0.2) is 73.1 Å². The van der Waals surface area contributed by atoms with Gasteiger partial charge in [-0.3, -0.25) is 10.3 Å². The van der Waals surface area contributed by atoms with Gasteiger partial charge in [0.2, 0.25) is 5.88 Å². The molecule has 1 aromatic carbocycles. The van der Waals surface area contributed by atoms with Crippen molar-refractivity contribution in [1.29, 1.82) is 5.41 Å². The first-order valence-corrected chi connectivity index (χ1v) is 13.0. The third kappa shape index (κ3) is 5.26. The molecule has 1 fully saturated rings. The molecule has 4 heterocycles. The predicted molar refractivity (Wildman–Crippen MR) is 141 cm³/mol. The number of hydrogen-bond acceptors (Lipinski definition) is 7. The summed E-state index contributed by atoms with van der Waals surface area (Å²) in [6.07, 6.45) is 6.00. The number of fused-ring (bicyclic) bond motifs is 1. The van der Waals surface area contributed by atoms with Crippen LogP contribution in [0.3, 0.4) is 0 Å². The summed E-state index contributed by atoms with van der Waals surface area (Å²) in [7, 11) is 1.63. The molecule has 0 bridgehead atoms. The van der Waals surface area contributed by atoms with Crippen molar-refractivity contribution >= 4 is 11.5 Å². The minimum Gasteiger partial charge on any atom is -0.481 e. The molecule has 5 rings (SSSR count). The monoisotopic (exact) mass is 491 g/mol. The highest BCUT2D eigenvalue weighted by molar-refractivity contribution is 6.09. The van der Waals surface area contributed by atoms with E-state index in [2.05, 4.69) is 33.4 Å². The Morgan fingerprint density at radius 2 is 1.97 bits per heavy atom. The number of nitrogens with zero attached hydrogens (tertiary/aromatic N) is 3. The molecule has 3 N–H and O–H groups in total. The van der Waals surface area contributed by atoms with Crippen molar-refractivity contribution in [2.24, 2.45) is 0 Å². The summed E-state index contributed by atoms with van der Waals surface area (Å²) >= 11 is 0. The zero-order valence-electron chi connectivity index (χ0n) is 21.3. The molecule has 1 aromatic heterocycles. The van der Waals surface area contributed by atoms with Crippen LogP contribution in [0, 0.1) is 5.41 Å². The Balaban J connectivity index is 1.44. The number of nitrogens with one attached hydrogen (secondary N) is 2. The van der Waals surface area contributed by atoms with Gasteiger partial charge in [0.05, 0.1) is 7.11 Å². The summed E-state index contributed by atoms with van der Waals surface area (Å²) in [5, 5.41) is 23.4. The van der Waals surface area contributed by atoms with E-state index in [1.165, 1.54) is 5.56 Å². The zero-order chi connectivity index (χ0) is 25.1. The van der Waals surface area contributed by atoms with Gasteiger partial charge in [0.15, 0.2) is 0 Å². The summed E-state index contributed by atoms with van der Waals surface area (Å²) in [5.74, 6) is 1.14. The molecular formula is C28H37N5O3. The molecule has 8 heteroatoms. The second kappa shape index (κ2) is 11.0. The van der Waals surface area contributed by atoms with E-state index in [9.17, 15) is 10.5 Å². The number of pyridine rings is 1. The largest absolute Gasteiger partial charge is 0.481 e. The molecule has 8 nitrogen and oxygen atoms in total. The number of amidine groups is 1. The zero-order valence-corrected chi connectivity index (χ0v) is 21.3. The van der Waals surface area contributed by atoms with Crippen molar-refractivity contribution in [3.05, 3.63) is 53.4 Å². The average Bonchev–Trinajstić information content (AvgIpc) is 2.92. The first kappa shape index (κ1) is 24.7. The molecule has 36 heavy (non-hydrogen) atoms. The smallest absolute Gasteiger partial charge is 0.213 e. The van der Waals surface area contributed by atoms with E-state index < -0.39 is 6.23 Å². The van der Waals surface area contributed by atoms with Gasteiger partial charge < -0.3 is 24.8 Å². The van der Waals surface area contributed by atoms with Gasteiger partial charge in [0, 0.05) is 74.5 Å². The van der Waals surface area contributed by atoms with E-state index in [0.29, 0.717) is 24.3 Å². The number of aliphatic hydroxyl groups is 1. The van der Waals surface area contributed by atoms with Crippen molar-refractivity contribution < 1.29 is 14.6 Å². The minimum absolute atomic E-state index is 0.378. The Kier molecular flexibility index (Phi) is 7.55. The Labute approximate surface area is 213 Å². The van der Waals surface area contributed by atoms with Crippen LogP contribution in [0.1, 0.15) is 38.2 Å². The summed E-state index contributed by atoms with van der Waals surface area (Å²) in [5.41, 5.74) is 6.69. The normalized spacial score (nSPS) is 20.1. The van der Waals surface area contributed by atoms with Crippen LogP contribution in [-0.2, 0) is 11.2 Å². The van der Waals surface area contributed by atoms with Crippen molar-refractivity contribution in [2.75, 3.05) is 44.9 Å². The van der Waals surface area contributed by atoms with E-state index in [0.717, 1.165) is 86.5 Å². The summed E-state index contributed by atoms with van der Waals surface area (Å²) in [6, 6.07) is 10.8. The number of hydrogen-bond donors (Lipinski definition) is 3. The highest BCUT2D eigenvalue weighted by atomic mass is 16.5. The van der Waals surface area contributed by atoms with Crippen molar-refractivity contribution in [1.82, 2.24) is 15.2 Å². The van der Waals surface area contributed by atoms with Crippen LogP contribution < -0.4 is 15.0 Å². The molecule has 1 unspecified atom stereocenters. The lowest BCUT2D eigenvalue weighted by Crippen LogP contribution is -2.47. The van der Waals surface area contributed by atoms with Gasteiger partial charge in [0.1, 0.15) is 12.1 Å². The number of aromatic nitrogens is 1. The lowest BCUT2D eigenvalue weighted by molar-refractivity contribution is 0.0224. The van der Waals surface area contributed by atoms with Gasteiger partial charge >= 0.3 is 0 Å². The minimum atomic E-state index is -0.536. The van der Waals surface area contributed by atoms with E-state index in [1.54, 1.807) is 13.3 Å². The van der Waals surface area contributed by atoms with Crippen LogP contribution in [0.5, 0.6) is 5.88 Å². The number of aliphatic hydroxyl groups excluding tert-OH is 1. The quantitative estimate of drug-likeness (QED) is 0.420. The molecular weight excluding hydrogens is 454 g/mol. The molecule has 1 atom stereocenters. The first-order chi connectivity index (χ1) is 17.5. The summed E-state index contributed by atoms with van der Waals surface area (Å²) in [4.78, 5) is 8.43. The Morgan fingerprint density at radius 1 is 1.17 bits per heavy atom. The van der Waals surface area contributed by atoms with Crippen molar-refractivity contribution in [3.8, 4) is 17.0 Å². The number of benzene rings is 1. The molecule has 2 aromatic rings. The molecule has 0 aliphatic carbocycles. The second-order valence-corrected chi connectivity index (χ2v) is 9.87. The molecule has 3 aliphatic rings. The third-order valence-corrected chi connectivity index (χ3v) is 7.53. The predicted octanol–water partition coefficient (Wildman–Crippen LogP) is 3.55. The number of anilines is 1. The van der Waals surface area contributed by atoms with Gasteiger partial charge in [0.25, 0.3) is 0 Å². The molecule has 0 radical (unpaired) electrons. The van der Waals surface area contributed by atoms with Gasteiger partial charge in [-0.1, -0.05) is 6.07 Å². The third-order valence-electron chi connectivity index (χ3n) is 7.53. The number of aryl methyl sites for hydroxylation is 1. The van der Waals surface area contributed by atoms with Gasteiger partial charge in [-0.2, -0.15) is 0 Å². The van der Waals surface area contributed by atoms with Crippen molar-refractivity contribution in [2.45, 2.75) is 51.3 Å². The van der Waals surface area contributed by atoms with E-state index >= 15 is 0 Å². The fourth-order valence-electron chi connectivity index (χ4n) is 5.44. The summed E-state index contributed by atoms with van der Waals surface area (Å²) in [6.45, 7) is 5.55. The lowest BCUT2D eigenvalue weighted by Gasteiger charge is -2.39. The molecule has 192 valence electrons. The molecule has 0 spiro atoms. The topological polar surface area (TPSA) is 93.9 Å². The van der Waals surface area contributed by atoms with Crippen LogP contribution in [0.2, 0.25) is 0 Å². The maximum atomic E-state index is 10.3. The van der Waals surface area contributed by atoms with Crippen LogP contribution in [0.25, 0.3) is 11.1 Å². The molecule has 0 amide bonds. The molecule has 0 saturated carbocycles. The highest BCUT2D eigenvalue weighted by Gasteiger charge is 2.30. The lowest BCUT2D eigenvalue weighted by atomic mass is 9.95. The average molecular weight is 492 g/mol.